The lowest BCUT2D eigenvalue weighted by molar-refractivity contribution is -0.132. The summed E-state index contributed by atoms with van der Waals surface area (Å²) in [6.07, 6.45) is 3.98. The highest BCUT2D eigenvalue weighted by Gasteiger charge is 2.35. The molecule has 6 nitrogen and oxygen atoms in total. The maximum Gasteiger partial charge on any atom is 0.225 e. The van der Waals surface area contributed by atoms with Crippen LogP contribution in [0.15, 0.2) is 48.7 Å². The molecule has 1 aliphatic carbocycles. The molecule has 0 bridgehead atoms. The first kappa shape index (κ1) is 19.4. The molecule has 6 heteroatoms. The second-order valence-corrected chi connectivity index (χ2v) is 8.12. The summed E-state index contributed by atoms with van der Waals surface area (Å²) in [4.78, 5) is 24.9. The summed E-state index contributed by atoms with van der Waals surface area (Å²) >= 11 is 0. The molecule has 0 atom stereocenters. The molecular formula is C25H24N4O2. The van der Waals surface area contributed by atoms with Gasteiger partial charge in [-0.15, -0.1) is 0 Å². The minimum absolute atomic E-state index is 0.269. The Bertz CT molecular complexity index is 1170. The van der Waals surface area contributed by atoms with Gasteiger partial charge in [-0.25, -0.2) is 4.85 Å². The quantitative estimate of drug-likeness (QED) is 0.591. The zero-order chi connectivity index (χ0) is 21.4. The third kappa shape index (κ3) is 3.57. The number of hydrogen-bond acceptors (Lipinski definition) is 4. The molecule has 31 heavy (non-hydrogen) atoms. The van der Waals surface area contributed by atoms with E-state index in [0.29, 0.717) is 11.6 Å². The van der Waals surface area contributed by atoms with E-state index < -0.39 is 0 Å². The highest BCUT2D eigenvalue weighted by atomic mass is 16.5. The molecule has 1 aromatic heterocycles. The third-order valence-electron chi connectivity index (χ3n) is 6.20. The lowest BCUT2D eigenvalue weighted by atomic mass is 10.0. The first-order valence-corrected chi connectivity index (χ1v) is 10.7. The summed E-state index contributed by atoms with van der Waals surface area (Å²) in [5, 5.41) is 0.961. The number of benzene rings is 2. The van der Waals surface area contributed by atoms with Crippen LogP contribution in [0.5, 0.6) is 5.75 Å². The monoisotopic (exact) mass is 412 g/mol. The van der Waals surface area contributed by atoms with E-state index in [1.54, 1.807) is 7.11 Å². The molecular weight excluding hydrogens is 388 g/mol. The number of hydrogen-bond donors (Lipinski definition) is 0. The number of aromatic nitrogens is 1. The summed E-state index contributed by atoms with van der Waals surface area (Å²) in [5.74, 6) is 1.40. The Kier molecular flexibility index (Phi) is 4.95. The average Bonchev–Trinajstić information content (AvgIpc) is 3.68. The van der Waals surface area contributed by atoms with Crippen LogP contribution in [0.25, 0.3) is 26.9 Å². The van der Waals surface area contributed by atoms with E-state index in [1.807, 2.05) is 53.6 Å². The van der Waals surface area contributed by atoms with E-state index in [0.717, 1.165) is 72.5 Å². The molecule has 1 amide bonds. The van der Waals surface area contributed by atoms with Crippen molar-refractivity contribution in [2.75, 3.05) is 38.2 Å². The number of fused-ring (bicyclic) bond motifs is 1. The van der Waals surface area contributed by atoms with Crippen LogP contribution in [0.3, 0.4) is 0 Å². The molecule has 2 heterocycles. The van der Waals surface area contributed by atoms with E-state index in [4.69, 9.17) is 16.3 Å². The molecule has 1 aliphatic heterocycles. The molecule has 0 unspecified atom stereocenters. The number of pyridine rings is 1. The highest BCUT2D eigenvalue weighted by molar-refractivity contribution is 5.99. The van der Waals surface area contributed by atoms with E-state index in [-0.39, 0.29) is 5.92 Å². The maximum atomic E-state index is 12.4. The van der Waals surface area contributed by atoms with Crippen molar-refractivity contribution in [2.45, 2.75) is 12.8 Å². The molecule has 2 aromatic carbocycles. The van der Waals surface area contributed by atoms with E-state index >= 15 is 0 Å². The fourth-order valence-corrected chi connectivity index (χ4v) is 4.33. The van der Waals surface area contributed by atoms with Gasteiger partial charge >= 0.3 is 0 Å². The van der Waals surface area contributed by atoms with Crippen molar-refractivity contribution in [1.82, 2.24) is 9.88 Å². The molecule has 0 radical (unpaired) electrons. The average molecular weight is 412 g/mol. The Morgan fingerprint density at radius 1 is 1.10 bits per heavy atom. The van der Waals surface area contributed by atoms with Crippen LogP contribution in [0.4, 0.5) is 11.4 Å². The van der Waals surface area contributed by atoms with Crippen molar-refractivity contribution in [3.05, 3.63) is 60.1 Å². The van der Waals surface area contributed by atoms with Crippen LogP contribution in [-0.2, 0) is 4.79 Å². The van der Waals surface area contributed by atoms with Gasteiger partial charge in [0.25, 0.3) is 0 Å². The van der Waals surface area contributed by atoms with Gasteiger partial charge in [0.2, 0.25) is 5.91 Å². The Balaban J connectivity index is 1.46. The van der Waals surface area contributed by atoms with Gasteiger partial charge in [0.05, 0.1) is 31.1 Å². The van der Waals surface area contributed by atoms with Crippen LogP contribution in [0.1, 0.15) is 12.8 Å². The van der Waals surface area contributed by atoms with Gasteiger partial charge < -0.3 is 14.5 Å². The Morgan fingerprint density at radius 3 is 2.48 bits per heavy atom. The minimum Gasteiger partial charge on any atom is -0.494 e. The van der Waals surface area contributed by atoms with Crippen molar-refractivity contribution < 1.29 is 9.53 Å². The number of anilines is 1. The number of ether oxygens (including phenoxy) is 1. The number of methoxy groups -OCH3 is 1. The summed E-state index contributed by atoms with van der Waals surface area (Å²) < 4.78 is 5.86. The van der Waals surface area contributed by atoms with Crippen molar-refractivity contribution >= 4 is 28.2 Å². The molecule has 156 valence electrons. The van der Waals surface area contributed by atoms with Gasteiger partial charge in [0, 0.05) is 43.0 Å². The maximum absolute atomic E-state index is 12.4. The van der Waals surface area contributed by atoms with E-state index in [9.17, 15) is 4.79 Å². The molecule has 1 saturated carbocycles. The topological polar surface area (TPSA) is 50.0 Å². The number of amides is 1. The van der Waals surface area contributed by atoms with E-state index in [2.05, 4.69) is 9.74 Å². The SMILES string of the molecule is [C-]#[N+]c1ccc(-c2cccc3c(OC)c(N4CCN(C(=O)C5CC5)CC4)cnc23)cc1. The zero-order valence-corrected chi connectivity index (χ0v) is 17.5. The van der Waals surface area contributed by atoms with Crippen LogP contribution < -0.4 is 9.64 Å². The molecule has 2 aliphatic rings. The standard InChI is InChI=1S/C25H24N4O2/c1-26-19-10-8-17(9-11-19)20-4-3-5-21-23(20)27-16-22(24(21)31-2)28-12-14-29(15-13-28)25(30)18-6-7-18/h3-5,8-11,16,18H,6-7,12-15H2,2H3. The molecule has 5 rings (SSSR count). The number of piperazine rings is 1. The minimum atomic E-state index is 0.269. The van der Waals surface area contributed by atoms with Gasteiger partial charge in [-0.3, -0.25) is 9.78 Å². The molecule has 1 saturated heterocycles. The van der Waals surface area contributed by atoms with Crippen molar-refractivity contribution in [2.24, 2.45) is 5.92 Å². The molecule has 0 spiro atoms. The van der Waals surface area contributed by atoms with Crippen molar-refractivity contribution in [3.63, 3.8) is 0 Å². The smallest absolute Gasteiger partial charge is 0.225 e. The summed E-state index contributed by atoms with van der Waals surface area (Å²) in [7, 11) is 1.70. The number of carbonyl (C=O) groups is 1. The largest absolute Gasteiger partial charge is 0.494 e. The lowest BCUT2D eigenvalue weighted by Gasteiger charge is -2.36. The first-order valence-electron chi connectivity index (χ1n) is 10.7. The summed E-state index contributed by atoms with van der Waals surface area (Å²) in [5.41, 5.74) is 4.50. The number of carbonyl (C=O) groups excluding carboxylic acids is 1. The second kappa shape index (κ2) is 7.92. The predicted octanol–water partition coefficient (Wildman–Crippen LogP) is 4.52. The Labute approximate surface area is 181 Å². The first-order chi connectivity index (χ1) is 15.2. The van der Waals surface area contributed by atoms with Gasteiger partial charge in [0.15, 0.2) is 11.4 Å². The van der Waals surface area contributed by atoms with Gasteiger partial charge in [-0.1, -0.05) is 36.4 Å². The molecule has 0 N–H and O–H groups in total. The predicted molar refractivity (Wildman–Crippen MR) is 122 cm³/mol. The van der Waals surface area contributed by atoms with Crippen LogP contribution >= 0.6 is 0 Å². The molecule has 3 aromatic rings. The highest BCUT2D eigenvalue weighted by Crippen LogP contribution is 2.39. The summed E-state index contributed by atoms with van der Waals surface area (Å²) in [6, 6.07) is 13.7. The van der Waals surface area contributed by atoms with Crippen LogP contribution in [0, 0.1) is 12.5 Å². The summed E-state index contributed by atoms with van der Waals surface area (Å²) in [6.45, 7) is 10.2. The van der Waals surface area contributed by atoms with Crippen LogP contribution in [0.2, 0.25) is 0 Å². The number of nitrogens with zero attached hydrogens (tertiary/aromatic N) is 4. The third-order valence-corrected chi connectivity index (χ3v) is 6.20. The van der Waals surface area contributed by atoms with Crippen molar-refractivity contribution in [3.8, 4) is 16.9 Å². The second-order valence-electron chi connectivity index (χ2n) is 8.12. The number of rotatable bonds is 4. The zero-order valence-electron chi connectivity index (χ0n) is 17.5. The van der Waals surface area contributed by atoms with Crippen LogP contribution in [-0.4, -0.2) is 49.1 Å². The van der Waals surface area contributed by atoms with Gasteiger partial charge in [-0.05, 0) is 24.5 Å². The Morgan fingerprint density at radius 2 is 1.84 bits per heavy atom. The normalized spacial score (nSPS) is 16.3. The lowest BCUT2D eigenvalue weighted by Crippen LogP contribution is -2.49. The fourth-order valence-electron chi connectivity index (χ4n) is 4.33. The van der Waals surface area contributed by atoms with Crippen molar-refractivity contribution in [1.29, 1.82) is 0 Å². The Hall–Kier alpha value is -3.59. The van der Waals surface area contributed by atoms with E-state index in [1.165, 1.54) is 0 Å². The van der Waals surface area contributed by atoms with Gasteiger partial charge in [-0.2, -0.15) is 0 Å². The number of para-hydroxylation sites is 1. The molecule has 2 fully saturated rings. The van der Waals surface area contributed by atoms with Gasteiger partial charge in [0.1, 0.15) is 0 Å². The fraction of sp³-hybridized carbons (Fsp3) is 0.320.